The van der Waals surface area contributed by atoms with E-state index in [1.165, 1.54) is 32.0 Å². The zero-order valence-electron chi connectivity index (χ0n) is 26.2. The Balaban J connectivity index is 1.31. The van der Waals surface area contributed by atoms with Gasteiger partial charge in [0.1, 0.15) is 17.5 Å². The summed E-state index contributed by atoms with van der Waals surface area (Å²) in [7, 11) is 0. The van der Waals surface area contributed by atoms with Gasteiger partial charge in [-0.25, -0.2) is 18.6 Å². The minimum Gasteiger partial charge on any atom is -0.433 e. The summed E-state index contributed by atoms with van der Waals surface area (Å²) in [4.78, 5) is 23.4. The molecule has 13 heteroatoms. The maximum absolute atomic E-state index is 15.1. The van der Waals surface area contributed by atoms with Crippen molar-refractivity contribution < 1.29 is 41.1 Å². The summed E-state index contributed by atoms with van der Waals surface area (Å²) in [5, 5.41) is 14.4. The molecule has 2 aromatic heterocycles. The number of pyridine rings is 1. The number of rotatable bonds is 8. The highest BCUT2D eigenvalue weighted by Crippen LogP contribution is 2.58. The second-order valence-electron chi connectivity index (χ2n) is 14.3. The lowest BCUT2D eigenvalue weighted by Gasteiger charge is -2.52. The summed E-state index contributed by atoms with van der Waals surface area (Å²) in [6.07, 6.45) is 0.819. The summed E-state index contributed by atoms with van der Waals surface area (Å²) < 4.78 is 82.2. The van der Waals surface area contributed by atoms with E-state index in [1.807, 2.05) is 0 Å². The van der Waals surface area contributed by atoms with Gasteiger partial charge in [-0.1, -0.05) is 17.3 Å². The molecule has 0 atom stereocenters. The average Bonchev–Trinajstić information content (AvgIpc) is 3.71. The fraction of sp³-hybridized carbons (Fsp3) is 0.576. The fourth-order valence-electron chi connectivity index (χ4n) is 6.66. The summed E-state index contributed by atoms with van der Waals surface area (Å²) in [6, 6.07) is 5.01. The van der Waals surface area contributed by atoms with E-state index in [2.05, 4.69) is 10.1 Å². The number of benzene rings is 1. The molecule has 8 nitrogen and oxygen atoms in total. The topological polar surface area (TPSA) is 102 Å². The molecular weight excluding hydrogens is 611 g/mol. The third-order valence-corrected chi connectivity index (χ3v) is 10.0. The average molecular weight is 649 g/mol. The predicted octanol–water partition coefficient (Wildman–Crippen LogP) is 8.09. The van der Waals surface area contributed by atoms with Crippen molar-refractivity contribution in [3.8, 4) is 11.1 Å². The van der Waals surface area contributed by atoms with E-state index in [1.54, 1.807) is 0 Å². The number of hydrogen-bond acceptors (Lipinski definition) is 7. The number of amides is 1. The van der Waals surface area contributed by atoms with Crippen molar-refractivity contribution >= 4 is 11.9 Å². The van der Waals surface area contributed by atoms with E-state index in [9.17, 15) is 27.5 Å². The zero-order valence-corrected chi connectivity index (χ0v) is 26.2. The lowest BCUT2D eigenvalue weighted by Crippen LogP contribution is -2.53. The number of hydrogen-bond donors (Lipinski definition) is 1. The monoisotopic (exact) mass is 648 g/mol. The molecule has 4 aliphatic carbocycles. The SMILES string of the molecule is CC(C)(O)c1ccc(-c2cc(N(CC34CCC(c5nc(C6CC6)no5)(CC3)CC4)C(=O)OC(C)(C)C(F)(F)F)ncc2F)cc1F. The van der Waals surface area contributed by atoms with Crippen LogP contribution in [-0.2, 0) is 15.8 Å². The fourth-order valence-corrected chi connectivity index (χ4v) is 6.66. The van der Waals surface area contributed by atoms with Gasteiger partial charge in [0.15, 0.2) is 5.82 Å². The summed E-state index contributed by atoms with van der Waals surface area (Å²) in [5.74, 6) is -0.0204. The van der Waals surface area contributed by atoms with Crippen LogP contribution in [0.15, 0.2) is 35.0 Å². The number of fused-ring (bicyclic) bond motifs is 3. The van der Waals surface area contributed by atoms with Crippen LogP contribution in [0.5, 0.6) is 0 Å². The molecular formula is C33H37F5N4O4. The number of anilines is 1. The summed E-state index contributed by atoms with van der Waals surface area (Å²) >= 11 is 0. The molecule has 0 unspecified atom stereocenters. The third-order valence-electron chi connectivity index (χ3n) is 10.0. The highest BCUT2D eigenvalue weighted by Gasteiger charge is 2.55. The van der Waals surface area contributed by atoms with Crippen molar-refractivity contribution in [1.29, 1.82) is 0 Å². The lowest BCUT2D eigenvalue weighted by atomic mass is 9.53. The van der Waals surface area contributed by atoms with Crippen molar-refractivity contribution in [3.05, 3.63) is 59.4 Å². The van der Waals surface area contributed by atoms with Crippen molar-refractivity contribution in [2.45, 2.75) is 108 Å². The first-order valence-corrected chi connectivity index (χ1v) is 15.5. The van der Waals surface area contributed by atoms with Gasteiger partial charge in [-0.05, 0) is 102 Å². The van der Waals surface area contributed by atoms with Crippen LogP contribution in [-0.4, -0.2) is 44.6 Å². The first-order valence-electron chi connectivity index (χ1n) is 15.5. The van der Waals surface area contributed by atoms with Crippen LogP contribution in [0.25, 0.3) is 11.1 Å². The second-order valence-corrected chi connectivity index (χ2v) is 14.3. The number of aromatic nitrogens is 3. The van der Waals surface area contributed by atoms with Gasteiger partial charge in [0.2, 0.25) is 11.5 Å². The maximum Gasteiger partial charge on any atom is 0.427 e. The molecule has 1 aromatic carbocycles. The molecule has 0 spiro atoms. The van der Waals surface area contributed by atoms with Crippen molar-refractivity contribution in [1.82, 2.24) is 15.1 Å². The molecule has 46 heavy (non-hydrogen) atoms. The molecule has 3 aromatic rings. The third kappa shape index (κ3) is 5.98. The minimum atomic E-state index is -4.85. The lowest BCUT2D eigenvalue weighted by molar-refractivity contribution is -0.243. The maximum atomic E-state index is 15.1. The highest BCUT2D eigenvalue weighted by molar-refractivity contribution is 5.88. The first kappa shape index (κ1) is 32.3. The zero-order chi connectivity index (χ0) is 33.3. The van der Waals surface area contributed by atoms with Gasteiger partial charge in [0.25, 0.3) is 0 Å². The van der Waals surface area contributed by atoms with E-state index in [0.717, 1.165) is 49.7 Å². The van der Waals surface area contributed by atoms with Crippen LogP contribution in [0.4, 0.5) is 32.6 Å². The highest BCUT2D eigenvalue weighted by atomic mass is 19.4. The molecule has 0 aliphatic heterocycles. The molecule has 248 valence electrons. The molecule has 4 saturated carbocycles. The Labute approximate surface area is 263 Å². The Kier molecular flexibility index (Phi) is 7.72. The van der Waals surface area contributed by atoms with Crippen LogP contribution in [0.3, 0.4) is 0 Å². The van der Waals surface area contributed by atoms with Gasteiger partial charge in [0, 0.05) is 29.0 Å². The molecule has 1 amide bonds. The van der Waals surface area contributed by atoms with E-state index in [-0.39, 0.29) is 34.5 Å². The van der Waals surface area contributed by atoms with Crippen molar-refractivity contribution in [3.63, 3.8) is 0 Å². The van der Waals surface area contributed by atoms with Crippen LogP contribution < -0.4 is 4.90 Å². The van der Waals surface area contributed by atoms with E-state index >= 15 is 4.39 Å². The first-order chi connectivity index (χ1) is 21.4. The van der Waals surface area contributed by atoms with E-state index in [4.69, 9.17) is 14.2 Å². The van der Waals surface area contributed by atoms with Gasteiger partial charge >= 0.3 is 12.3 Å². The Hall–Kier alpha value is -3.61. The molecule has 7 rings (SSSR count). The van der Waals surface area contributed by atoms with Gasteiger partial charge in [0.05, 0.1) is 11.8 Å². The van der Waals surface area contributed by atoms with Gasteiger partial charge < -0.3 is 14.4 Å². The Morgan fingerprint density at radius 2 is 1.67 bits per heavy atom. The summed E-state index contributed by atoms with van der Waals surface area (Å²) in [5.41, 5.74) is -5.09. The molecule has 4 aliphatic rings. The number of halogens is 5. The van der Waals surface area contributed by atoms with Crippen LogP contribution in [0, 0.1) is 17.0 Å². The van der Waals surface area contributed by atoms with Gasteiger partial charge in [-0.3, -0.25) is 4.90 Å². The molecule has 1 N–H and O–H groups in total. The number of ether oxygens (including phenoxy) is 1. The molecule has 0 saturated heterocycles. The Morgan fingerprint density at radius 3 is 2.24 bits per heavy atom. The molecule has 2 bridgehead atoms. The number of alkyl halides is 3. The standard InChI is InChI=1S/C33H37F5N4O4/c1-29(2,44)22-8-7-20(15-23(22)34)21-16-25(39-17-24(21)35)42(28(43)45-30(3,4)33(36,37)38)18-31-9-12-32(13-10-31,14-11-31)27-40-26(41-46-27)19-5-6-19/h7-8,15-17,19,44H,5-6,9-14,18H2,1-4H3. The number of carbonyl (C=O) groups excluding carboxylic acids is 1. The van der Waals surface area contributed by atoms with Crippen molar-refractivity contribution in [2.75, 3.05) is 11.4 Å². The number of carbonyl (C=O) groups is 1. The second kappa shape index (κ2) is 11.0. The van der Waals surface area contributed by atoms with Crippen LogP contribution in [0.2, 0.25) is 0 Å². The van der Waals surface area contributed by atoms with E-state index in [0.29, 0.717) is 50.3 Å². The molecule has 0 radical (unpaired) electrons. The Bertz CT molecular complexity index is 1620. The van der Waals surface area contributed by atoms with Gasteiger partial charge in [-0.2, -0.15) is 18.2 Å². The minimum absolute atomic E-state index is 0.000380. The van der Waals surface area contributed by atoms with E-state index < -0.39 is 40.5 Å². The van der Waals surface area contributed by atoms with Crippen molar-refractivity contribution in [2.24, 2.45) is 5.41 Å². The Morgan fingerprint density at radius 1 is 1.02 bits per heavy atom. The van der Waals surface area contributed by atoms with Crippen LogP contribution >= 0.6 is 0 Å². The quantitative estimate of drug-likeness (QED) is 0.246. The van der Waals surface area contributed by atoms with Crippen LogP contribution in [0.1, 0.15) is 102 Å². The number of nitrogens with zero attached hydrogens (tertiary/aromatic N) is 4. The predicted molar refractivity (Wildman–Crippen MR) is 157 cm³/mol. The smallest absolute Gasteiger partial charge is 0.427 e. The molecule has 2 heterocycles. The largest absolute Gasteiger partial charge is 0.433 e. The number of aliphatic hydroxyl groups is 1. The molecule has 4 fully saturated rings. The summed E-state index contributed by atoms with van der Waals surface area (Å²) in [6.45, 7) is 4.32. The van der Waals surface area contributed by atoms with Gasteiger partial charge in [-0.15, -0.1) is 0 Å². The normalized spacial score (nSPS) is 23.4.